The van der Waals surface area contributed by atoms with Crippen molar-refractivity contribution in [1.82, 2.24) is 15.0 Å². The molecule has 3 aromatic rings. The summed E-state index contributed by atoms with van der Waals surface area (Å²) in [6.07, 6.45) is 1.67. The number of amides is 1. The minimum absolute atomic E-state index is 0. The molecule has 1 amide bonds. The van der Waals surface area contributed by atoms with Crippen molar-refractivity contribution in [3.63, 3.8) is 0 Å². The third-order valence-corrected chi connectivity index (χ3v) is 3.16. The zero-order valence-electron chi connectivity index (χ0n) is 11.8. The summed E-state index contributed by atoms with van der Waals surface area (Å²) < 4.78 is 1.47. The van der Waals surface area contributed by atoms with Gasteiger partial charge in [0, 0.05) is 17.6 Å². The van der Waals surface area contributed by atoms with Crippen molar-refractivity contribution in [2.45, 2.75) is 13.1 Å². The van der Waals surface area contributed by atoms with Gasteiger partial charge >= 0.3 is 0 Å². The van der Waals surface area contributed by atoms with Crippen LogP contribution in [0.2, 0.25) is 0 Å². The van der Waals surface area contributed by atoms with Crippen molar-refractivity contribution in [2.75, 3.05) is 5.32 Å². The Labute approximate surface area is 133 Å². The summed E-state index contributed by atoms with van der Waals surface area (Å²) in [5.74, 6) is -0.153. The molecule has 3 N–H and O–H groups in total. The third-order valence-electron chi connectivity index (χ3n) is 3.16. The van der Waals surface area contributed by atoms with Gasteiger partial charge in [-0.2, -0.15) is 0 Å². The summed E-state index contributed by atoms with van der Waals surface area (Å²) in [6.45, 7) is 0.418. The van der Waals surface area contributed by atoms with E-state index in [9.17, 15) is 4.79 Å². The summed E-state index contributed by atoms with van der Waals surface area (Å²) in [4.78, 5) is 12.1. The topological polar surface area (TPSA) is 85.8 Å². The van der Waals surface area contributed by atoms with Gasteiger partial charge < -0.3 is 11.1 Å². The molecule has 6 nitrogen and oxygen atoms in total. The van der Waals surface area contributed by atoms with Crippen molar-refractivity contribution >= 4 is 34.8 Å². The summed E-state index contributed by atoms with van der Waals surface area (Å²) in [5.41, 5.74) is 6.91. The second kappa shape index (κ2) is 7.02. The zero-order valence-corrected chi connectivity index (χ0v) is 12.6. The summed E-state index contributed by atoms with van der Waals surface area (Å²) in [5, 5.41) is 12.7. The van der Waals surface area contributed by atoms with Gasteiger partial charge in [-0.3, -0.25) is 4.79 Å². The van der Waals surface area contributed by atoms with Crippen LogP contribution in [0, 0.1) is 0 Å². The SMILES string of the molecule is Cl.NCc1cn(CC(=O)Nc2cccc3ccccc23)nn1. The monoisotopic (exact) mass is 317 g/mol. The van der Waals surface area contributed by atoms with E-state index in [1.54, 1.807) is 6.20 Å². The van der Waals surface area contributed by atoms with Gasteiger partial charge in [-0.15, -0.1) is 17.5 Å². The molecule has 0 aliphatic heterocycles. The van der Waals surface area contributed by atoms with Crippen LogP contribution in [-0.4, -0.2) is 20.9 Å². The summed E-state index contributed by atoms with van der Waals surface area (Å²) >= 11 is 0. The van der Waals surface area contributed by atoms with Crippen molar-refractivity contribution in [2.24, 2.45) is 5.73 Å². The van der Waals surface area contributed by atoms with Gasteiger partial charge in [0.15, 0.2) is 0 Å². The first kappa shape index (κ1) is 15.9. The Morgan fingerprint density at radius 2 is 1.95 bits per heavy atom. The fourth-order valence-electron chi connectivity index (χ4n) is 2.18. The second-order valence-electron chi connectivity index (χ2n) is 4.69. The molecule has 3 rings (SSSR count). The second-order valence-corrected chi connectivity index (χ2v) is 4.69. The molecule has 0 saturated heterocycles. The Bertz CT molecular complexity index is 781. The van der Waals surface area contributed by atoms with Crippen LogP contribution in [0.1, 0.15) is 5.69 Å². The van der Waals surface area contributed by atoms with Crippen molar-refractivity contribution in [1.29, 1.82) is 0 Å². The number of hydrogen-bond acceptors (Lipinski definition) is 4. The van der Waals surface area contributed by atoms with Crippen molar-refractivity contribution in [3.05, 3.63) is 54.4 Å². The number of hydrogen-bond donors (Lipinski definition) is 2. The van der Waals surface area contributed by atoms with Gasteiger partial charge in [-0.05, 0) is 11.5 Å². The maximum Gasteiger partial charge on any atom is 0.246 e. The van der Waals surface area contributed by atoms with Crippen LogP contribution in [0.5, 0.6) is 0 Å². The molecule has 0 spiro atoms. The third kappa shape index (κ3) is 3.41. The van der Waals surface area contributed by atoms with Gasteiger partial charge in [-0.1, -0.05) is 41.6 Å². The average molecular weight is 318 g/mol. The van der Waals surface area contributed by atoms with Crippen LogP contribution >= 0.6 is 12.4 Å². The van der Waals surface area contributed by atoms with Crippen molar-refractivity contribution < 1.29 is 4.79 Å². The Morgan fingerprint density at radius 1 is 1.18 bits per heavy atom. The molecule has 7 heteroatoms. The molecule has 114 valence electrons. The molecule has 1 aromatic heterocycles. The number of aromatic nitrogens is 3. The van der Waals surface area contributed by atoms with Crippen LogP contribution in [0.3, 0.4) is 0 Å². The number of nitrogens with zero attached hydrogens (tertiary/aromatic N) is 3. The predicted molar refractivity (Wildman–Crippen MR) is 87.7 cm³/mol. The number of fused-ring (bicyclic) bond motifs is 1. The average Bonchev–Trinajstić information content (AvgIpc) is 2.95. The van der Waals surface area contributed by atoms with Crippen molar-refractivity contribution in [3.8, 4) is 0 Å². The van der Waals surface area contributed by atoms with E-state index in [2.05, 4.69) is 15.6 Å². The van der Waals surface area contributed by atoms with E-state index in [1.165, 1.54) is 4.68 Å². The smallest absolute Gasteiger partial charge is 0.246 e. The lowest BCUT2D eigenvalue weighted by Crippen LogP contribution is -2.19. The van der Waals surface area contributed by atoms with Crippen LogP contribution in [0.25, 0.3) is 10.8 Å². The van der Waals surface area contributed by atoms with E-state index in [4.69, 9.17) is 5.73 Å². The number of nitrogens with one attached hydrogen (secondary N) is 1. The van der Waals surface area contributed by atoms with Gasteiger partial charge in [0.05, 0.1) is 11.9 Å². The minimum Gasteiger partial charge on any atom is -0.325 e. The van der Waals surface area contributed by atoms with Crippen LogP contribution in [0.4, 0.5) is 5.69 Å². The van der Waals surface area contributed by atoms with Gasteiger partial charge in [0.25, 0.3) is 0 Å². The highest BCUT2D eigenvalue weighted by Crippen LogP contribution is 2.22. The molecule has 22 heavy (non-hydrogen) atoms. The van der Waals surface area contributed by atoms with E-state index in [0.717, 1.165) is 16.5 Å². The largest absolute Gasteiger partial charge is 0.325 e. The van der Waals surface area contributed by atoms with E-state index < -0.39 is 0 Å². The number of halogens is 1. The van der Waals surface area contributed by atoms with Crippen LogP contribution in [0.15, 0.2) is 48.7 Å². The molecule has 0 atom stereocenters. The molecule has 1 heterocycles. The number of rotatable bonds is 4. The first-order valence-corrected chi connectivity index (χ1v) is 6.63. The first-order valence-electron chi connectivity index (χ1n) is 6.63. The molecule has 0 radical (unpaired) electrons. The molecular formula is C15H16ClN5O. The quantitative estimate of drug-likeness (QED) is 0.770. The number of carbonyl (C=O) groups excluding carboxylic acids is 1. The summed E-state index contributed by atoms with van der Waals surface area (Å²) in [6, 6.07) is 13.7. The lowest BCUT2D eigenvalue weighted by molar-refractivity contribution is -0.116. The highest BCUT2D eigenvalue weighted by Gasteiger charge is 2.08. The van der Waals surface area contributed by atoms with Crippen LogP contribution < -0.4 is 11.1 Å². The predicted octanol–water partition coefficient (Wildman–Crippen LogP) is 1.95. The molecule has 0 bridgehead atoms. The molecular weight excluding hydrogens is 302 g/mol. The maximum atomic E-state index is 12.1. The van der Waals surface area contributed by atoms with E-state index in [-0.39, 0.29) is 24.9 Å². The molecule has 2 aromatic carbocycles. The van der Waals surface area contributed by atoms with E-state index in [0.29, 0.717) is 12.2 Å². The highest BCUT2D eigenvalue weighted by molar-refractivity contribution is 6.01. The molecule has 0 fully saturated rings. The molecule has 0 aliphatic carbocycles. The first-order chi connectivity index (χ1) is 10.3. The number of anilines is 1. The minimum atomic E-state index is -0.153. The maximum absolute atomic E-state index is 12.1. The zero-order chi connectivity index (χ0) is 14.7. The fraction of sp³-hybridized carbons (Fsp3) is 0.133. The Hall–Kier alpha value is -2.44. The Morgan fingerprint density at radius 3 is 2.73 bits per heavy atom. The Kier molecular flexibility index (Phi) is 5.08. The standard InChI is InChI=1S/C15H15N5O.ClH/c16-8-12-9-20(19-18-12)10-15(21)17-14-7-3-5-11-4-1-2-6-13(11)14;/h1-7,9H,8,10,16H2,(H,17,21);1H. The van der Waals surface area contributed by atoms with Gasteiger partial charge in [0.2, 0.25) is 5.91 Å². The van der Waals surface area contributed by atoms with Crippen LogP contribution in [-0.2, 0) is 17.9 Å². The normalized spacial score (nSPS) is 10.2. The molecule has 0 saturated carbocycles. The Balaban J connectivity index is 0.00000176. The molecule has 0 aliphatic rings. The lowest BCUT2D eigenvalue weighted by Gasteiger charge is -2.08. The number of carbonyl (C=O) groups is 1. The number of nitrogens with two attached hydrogens (primary N) is 1. The van der Waals surface area contributed by atoms with E-state index in [1.807, 2.05) is 42.5 Å². The summed E-state index contributed by atoms with van der Waals surface area (Å²) in [7, 11) is 0. The van der Waals surface area contributed by atoms with E-state index >= 15 is 0 Å². The fourth-order valence-corrected chi connectivity index (χ4v) is 2.18. The lowest BCUT2D eigenvalue weighted by atomic mass is 10.1. The van der Waals surface area contributed by atoms with Gasteiger partial charge in [0.1, 0.15) is 6.54 Å². The number of benzene rings is 2. The molecule has 0 unspecified atom stereocenters. The highest BCUT2D eigenvalue weighted by atomic mass is 35.5. The van der Waals surface area contributed by atoms with Gasteiger partial charge in [-0.25, -0.2) is 4.68 Å².